The molecule has 0 saturated heterocycles. The summed E-state index contributed by atoms with van der Waals surface area (Å²) in [6.07, 6.45) is 0. The SMILES string of the molecule is Cc1nc2cc(NC(=O)N(CCO)c3ccccc3)ccc2n1C. The lowest BCUT2D eigenvalue weighted by atomic mass is 10.2. The smallest absolute Gasteiger partial charge is 0.326 e. The van der Waals surface area contributed by atoms with E-state index >= 15 is 0 Å². The monoisotopic (exact) mass is 324 g/mol. The number of amides is 2. The number of nitrogens with one attached hydrogen (secondary N) is 1. The fourth-order valence-electron chi connectivity index (χ4n) is 2.64. The summed E-state index contributed by atoms with van der Waals surface area (Å²) < 4.78 is 2.00. The normalized spacial score (nSPS) is 10.8. The molecule has 24 heavy (non-hydrogen) atoms. The topological polar surface area (TPSA) is 70.4 Å². The van der Waals surface area contributed by atoms with Gasteiger partial charge in [0.15, 0.2) is 0 Å². The van der Waals surface area contributed by atoms with Crippen molar-refractivity contribution in [2.45, 2.75) is 6.92 Å². The Morgan fingerprint density at radius 1 is 1.25 bits per heavy atom. The van der Waals surface area contributed by atoms with Crippen LogP contribution in [-0.4, -0.2) is 33.8 Å². The molecule has 6 heteroatoms. The third kappa shape index (κ3) is 3.09. The molecule has 2 N–H and O–H groups in total. The molecule has 0 bridgehead atoms. The molecule has 2 amide bonds. The van der Waals surface area contributed by atoms with Gasteiger partial charge in [-0.15, -0.1) is 0 Å². The van der Waals surface area contributed by atoms with E-state index in [0.717, 1.165) is 22.5 Å². The van der Waals surface area contributed by atoms with Gasteiger partial charge in [0.1, 0.15) is 5.82 Å². The van der Waals surface area contributed by atoms with Crippen LogP contribution in [0.3, 0.4) is 0 Å². The molecule has 0 spiro atoms. The number of hydrogen-bond acceptors (Lipinski definition) is 3. The average Bonchev–Trinajstić information content (AvgIpc) is 2.87. The van der Waals surface area contributed by atoms with Gasteiger partial charge in [-0.3, -0.25) is 4.90 Å². The summed E-state index contributed by atoms with van der Waals surface area (Å²) in [6, 6.07) is 14.6. The van der Waals surface area contributed by atoms with Gasteiger partial charge in [0.05, 0.1) is 24.2 Å². The van der Waals surface area contributed by atoms with Crippen molar-refractivity contribution >= 4 is 28.4 Å². The number of aliphatic hydroxyl groups is 1. The highest BCUT2D eigenvalue weighted by Gasteiger charge is 2.15. The van der Waals surface area contributed by atoms with Crippen LogP contribution in [0, 0.1) is 6.92 Å². The Morgan fingerprint density at radius 3 is 2.71 bits per heavy atom. The first kappa shape index (κ1) is 16.0. The van der Waals surface area contributed by atoms with Crippen LogP contribution >= 0.6 is 0 Å². The second-order valence-corrected chi connectivity index (χ2v) is 5.56. The minimum atomic E-state index is -0.290. The van der Waals surface area contributed by atoms with Crippen LogP contribution in [0.5, 0.6) is 0 Å². The third-order valence-corrected chi connectivity index (χ3v) is 3.99. The zero-order chi connectivity index (χ0) is 17.1. The molecule has 0 aliphatic carbocycles. The zero-order valence-corrected chi connectivity index (χ0v) is 13.7. The molecule has 2 aromatic carbocycles. The van der Waals surface area contributed by atoms with Gasteiger partial charge >= 0.3 is 6.03 Å². The molecule has 0 atom stereocenters. The van der Waals surface area contributed by atoms with Crippen LogP contribution < -0.4 is 10.2 Å². The molecule has 0 unspecified atom stereocenters. The Hall–Kier alpha value is -2.86. The summed E-state index contributed by atoms with van der Waals surface area (Å²) in [6.45, 7) is 2.05. The first-order chi connectivity index (χ1) is 11.6. The Balaban J connectivity index is 1.84. The predicted molar refractivity (Wildman–Crippen MR) is 95.3 cm³/mol. The van der Waals surface area contributed by atoms with E-state index in [1.165, 1.54) is 4.90 Å². The Bertz CT molecular complexity index is 858. The lowest BCUT2D eigenvalue weighted by Gasteiger charge is -2.22. The van der Waals surface area contributed by atoms with Gasteiger partial charge in [0.25, 0.3) is 0 Å². The highest BCUT2D eigenvalue weighted by Crippen LogP contribution is 2.21. The van der Waals surface area contributed by atoms with Crippen LogP contribution in [-0.2, 0) is 7.05 Å². The molecule has 6 nitrogen and oxygen atoms in total. The van der Waals surface area contributed by atoms with E-state index < -0.39 is 0 Å². The first-order valence-electron chi connectivity index (χ1n) is 7.77. The van der Waals surface area contributed by atoms with Crippen molar-refractivity contribution in [3.05, 3.63) is 54.4 Å². The molecule has 0 radical (unpaired) electrons. The van der Waals surface area contributed by atoms with E-state index in [-0.39, 0.29) is 19.2 Å². The summed E-state index contributed by atoms with van der Waals surface area (Å²) >= 11 is 0. The molecule has 1 aromatic heterocycles. The number of hydrogen-bond donors (Lipinski definition) is 2. The number of aryl methyl sites for hydroxylation is 2. The van der Waals surface area contributed by atoms with Gasteiger partial charge < -0.3 is 15.0 Å². The number of fused-ring (bicyclic) bond motifs is 1. The molecule has 0 aliphatic heterocycles. The average molecular weight is 324 g/mol. The maximum absolute atomic E-state index is 12.6. The number of aliphatic hydroxyl groups excluding tert-OH is 1. The van der Waals surface area contributed by atoms with Crippen LogP contribution in [0.4, 0.5) is 16.2 Å². The minimum Gasteiger partial charge on any atom is -0.395 e. The Labute approximate surface area is 140 Å². The van der Waals surface area contributed by atoms with E-state index in [4.69, 9.17) is 0 Å². The maximum Gasteiger partial charge on any atom is 0.326 e. The first-order valence-corrected chi connectivity index (χ1v) is 7.77. The molecule has 0 aliphatic rings. The van der Waals surface area contributed by atoms with Crippen molar-refractivity contribution < 1.29 is 9.90 Å². The molecular formula is C18H20N4O2. The second kappa shape index (κ2) is 6.72. The molecule has 0 saturated carbocycles. The van der Waals surface area contributed by atoms with Crippen LogP contribution in [0.15, 0.2) is 48.5 Å². The number of imidazole rings is 1. The third-order valence-electron chi connectivity index (χ3n) is 3.99. The van der Waals surface area contributed by atoms with E-state index in [9.17, 15) is 9.90 Å². The van der Waals surface area contributed by atoms with Crippen LogP contribution in [0.25, 0.3) is 11.0 Å². The summed E-state index contributed by atoms with van der Waals surface area (Å²) in [4.78, 5) is 18.6. The van der Waals surface area contributed by atoms with Crippen molar-refractivity contribution in [3.8, 4) is 0 Å². The van der Waals surface area contributed by atoms with Gasteiger partial charge in [-0.25, -0.2) is 9.78 Å². The lowest BCUT2D eigenvalue weighted by molar-refractivity contribution is 0.252. The van der Waals surface area contributed by atoms with Crippen LogP contribution in [0.2, 0.25) is 0 Å². The highest BCUT2D eigenvalue weighted by atomic mass is 16.3. The van der Waals surface area contributed by atoms with Crippen molar-refractivity contribution in [1.29, 1.82) is 0 Å². The molecule has 3 rings (SSSR count). The quantitative estimate of drug-likeness (QED) is 0.775. The number of urea groups is 1. The molecule has 0 fully saturated rings. The second-order valence-electron chi connectivity index (χ2n) is 5.56. The highest BCUT2D eigenvalue weighted by molar-refractivity contribution is 6.02. The molecule has 1 heterocycles. The van der Waals surface area contributed by atoms with E-state index in [0.29, 0.717) is 5.69 Å². The molecule has 3 aromatic rings. The Morgan fingerprint density at radius 2 is 2.00 bits per heavy atom. The lowest BCUT2D eigenvalue weighted by Crippen LogP contribution is -2.37. The number of benzene rings is 2. The van der Waals surface area contributed by atoms with Crippen molar-refractivity contribution in [1.82, 2.24) is 9.55 Å². The number of anilines is 2. The largest absolute Gasteiger partial charge is 0.395 e. The van der Waals surface area contributed by atoms with Crippen LogP contribution in [0.1, 0.15) is 5.82 Å². The van der Waals surface area contributed by atoms with Crippen molar-refractivity contribution in [2.75, 3.05) is 23.4 Å². The fraction of sp³-hybridized carbons (Fsp3) is 0.222. The van der Waals surface area contributed by atoms with Gasteiger partial charge in [-0.2, -0.15) is 0 Å². The predicted octanol–water partition coefficient (Wildman–Crippen LogP) is 2.91. The van der Waals surface area contributed by atoms with Gasteiger partial charge in [0, 0.05) is 18.4 Å². The number of rotatable bonds is 4. The number of carbonyl (C=O) groups excluding carboxylic acids is 1. The van der Waals surface area contributed by atoms with Gasteiger partial charge in [-0.05, 0) is 37.3 Å². The summed E-state index contributed by atoms with van der Waals surface area (Å²) in [5, 5.41) is 12.1. The number of para-hydroxylation sites is 1. The standard InChI is InChI=1S/C18H20N4O2/c1-13-19-16-12-14(8-9-17(16)21(13)2)20-18(24)22(10-11-23)15-6-4-3-5-7-15/h3-9,12,23H,10-11H2,1-2H3,(H,20,24). The molecule has 124 valence electrons. The summed E-state index contributed by atoms with van der Waals surface area (Å²) in [7, 11) is 1.96. The minimum absolute atomic E-state index is 0.110. The van der Waals surface area contributed by atoms with E-state index in [1.54, 1.807) is 0 Å². The number of nitrogens with zero attached hydrogens (tertiary/aromatic N) is 3. The Kier molecular flexibility index (Phi) is 4.48. The van der Waals surface area contributed by atoms with Crippen molar-refractivity contribution in [2.24, 2.45) is 7.05 Å². The van der Waals surface area contributed by atoms with Crippen molar-refractivity contribution in [3.63, 3.8) is 0 Å². The summed E-state index contributed by atoms with van der Waals surface area (Å²) in [5.41, 5.74) is 3.25. The molecular weight excluding hydrogens is 304 g/mol. The van der Waals surface area contributed by atoms with Gasteiger partial charge in [-0.1, -0.05) is 18.2 Å². The number of aromatic nitrogens is 2. The maximum atomic E-state index is 12.6. The number of carbonyl (C=O) groups is 1. The fourth-order valence-corrected chi connectivity index (χ4v) is 2.64. The summed E-state index contributed by atoms with van der Waals surface area (Å²) in [5.74, 6) is 0.916. The van der Waals surface area contributed by atoms with Gasteiger partial charge in [0.2, 0.25) is 0 Å². The van der Waals surface area contributed by atoms with E-state index in [1.807, 2.05) is 67.1 Å². The zero-order valence-electron chi connectivity index (χ0n) is 13.7. The van der Waals surface area contributed by atoms with E-state index in [2.05, 4.69) is 10.3 Å².